The van der Waals surface area contributed by atoms with Gasteiger partial charge in [0.25, 0.3) is 0 Å². The molecule has 2 bridgehead atoms. The topological polar surface area (TPSA) is 59.1 Å². The minimum atomic E-state index is -1.72. The van der Waals surface area contributed by atoms with Gasteiger partial charge < -0.3 is 36.0 Å². The van der Waals surface area contributed by atoms with E-state index in [9.17, 15) is 9.90 Å². The molecule has 0 spiro atoms. The van der Waals surface area contributed by atoms with Crippen LogP contribution in [0.3, 0.4) is 0 Å². The highest BCUT2D eigenvalue weighted by Gasteiger charge is 2.71. The van der Waals surface area contributed by atoms with E-state index in [0.29, 0.717) is 34.0 Å². The summed E-state index contributed by atoms with van der Waals surface area (Å²) >= 11 is 2.74. The summed E-state index contributed by atoms with van der Waals surface area (Å²) in [5.74, 6) is -0.561. The fourth-order valence-electron chi connectivity index (χ4n) is 4.83. The molecule has 1 unspecified atom stereocenters. The molecule has 3 aliphatic rings. The van der Waals surface area contributed by atoms with Gasteiger partial charge in [0.2, 0.25) is 5.60 Å². The van der Waals surface area contributed by atoms with Crippen molar-refractivity contribution >= 4 is 28.6 Å². The zero-order chi connectivity index (χ0) is 18.1. The first kappa shape index (κ1) is 19.5. The first-order valence-corrected chi connectivity index (χ1v) is 10.7. The maximum atomic E-state index is 13.1. The molecule has 1 N–H and O–H groups in total. The molecule has 5 nitrogen and oxygen atoms in total. The number of quaternary nitrogens is 1. The fraction of sp³-hybridized carbons (Fsp3) is 0.526. The number of morpholine rings is 1. The van der Waals surface area contributed by atoms with E-state index in [1.807, 2.05) is 22.9 Å². The van der Waals surface area contributed by atoms with Gasteiger partial charge in [-0.25, -0.2) is 4.79 Å². The molecule has 0 saturated carbocycles. The predicted octanol–water partition coefficient (Wildman–Crippen LogP) is -0.650. The number of hydrogen-bond acceptors (Lipinski definition) is 6. The molecule has 146 valence electrons. The number of hydrogen-bond donors (Lipinski definition) is 1. The summed E-state index contributed by atoms with van der Waals surface area (Å²) in [4.78, 5) is 14.3. The molecule has 0 aliphatic carbocycles. The van der Waals surface area contributed by atoms with Gasteiger partial charge in [-0.15, -0.1) is 22.7 Å². The number of rotatable bonds is 4. The van der Waals surface area contributed by atoms with Gasteiger partial charge in [-0.1, -0.05) is 12.1 Å². The van der Waals surface area contributed by atoms with E-state index in [4.69, 9.17) is 9.47 Å². The fourth-order valence-corrected chi connectivity index (χ4v) is 6.54. The van der Waals surface area contributed by atoms with Crippen molar-refractivity contribution in [3.05, 3.63) is 44.8 Å². The number of aliphatic hydroxyl groups is 1. The van der Waals surface area contributed by atoms with Crippen LogP contribution in [-0.4, -0.2) is 60.0 Å². The highest BCUT2D eigenvalue weighted by atomic mass is 79.9. The van der Waals surface area contributed by atoms with Crippen molar-refractivity contribution in [2.75, 3.05) is 14.1 Å². The van der Waals surface area contributed by atoms with Crippen molar-refractivity contribution in [2.24, 2.45) is 0 Å². The summed E-state index contributed by atoms with van der Waals surface area (Å²) < 4.78 is 12.6. The number of piperidine rings is 1. The Morgan fingerprint density at radius 1 is 1.15 bits per heavy atom. The van der Waals surface area contributed by atoms with Gasteiger partial charge in [0.05, 0.1) is 23.8 Å². The van der Waals surface area contributed by atoms with E-state index in [1.54, 1.807) is 12.1 Å². The van der Waals surface area contributed by atoms with Gasteiger partial charge in [0, 0.05) is 12.8 Å². The molecule has 0 aromatic carbocycles. The molecule has 3 fully saturated rings. The molecule has 5 heterocycles. The quantitative estimate of drug-likeness (QED) is 0.365. The summed E-state index contributed by atoms with van der Waals surface area (Å²) in [7, 11) is 4.49. The van der Waals surface area contributed by atoms with E-state index >= 15 is 0 Å². The number of carbonyl (C=O) groups excluding carboxylic acids is 1. The van der Waals surface area contributed by atoms with Crippen molar-refractivity contribution in [3.8, 4) is 0 Å². The second-order valence-corrected chi connectivity index (χ2v) is 9.89. The standard InChI is InChI=1S/C19H22NO4S2.BrH/c1-20(2)12-9-11(10-13(20)17-16(12)24-17)23-18(21)19(22,14-5-3-7-25-14)15-6-4-8-26-15;/h3-8,11-13,16-17,22H,9-10H2,1-2H3;1H/q+1;/p-1/t11-,12-,13?,16-,17+;/m1./s1. The van der Waals surface area contributed by atoms with Gasteiger partial charge in [0.15, 0.2) is 0 Å². The molecule has 5 atom stereocenters. The third kappa shape index (κ3) is 2.84. The van der Waals surface area contributed by atoms with E-state index in [0.717, 1.165) is 17.3 Å². The second kappa shape index (κ2) is 6.64. The van der Waals surface area contributed by atoms with Gasteiger partial charge in [0.1, 0.15) is 30.4 Å². The lowest BCUT2D eigenvalue weighted by atomic mass is 9.95. The lowest BCUT2D eigenvalue weighted by Gasteiger charge is -2.45. The monoisotopic (exact) mass is 471 g/mol. The van der Waals surface area contributed by atoms with Crippen molar-refractivity contribution in [2.45, 2.75) is 48.8 Å². The van der Waals surface area contributed by atoms with Crippen LogP contribution in [0, 0.1) is 0 Å². The number of ether oxygens (including phenoxy) is 2. The minimum Gasteiger partial charge on any atom is -1.00 e. The Kier molecular flexibility index (Phi) is 4.81. The molecule has 5 rings (SSSR count). The number of halogens is 1. The summed E-state index contributed by atoms with van der Waals surface area (Å²) in [5, 5.41) is 15.1. The first-order valence-electron chi connectivity index (χ1n) is 8.92. The molecular weight excluding hydrogens is 450 g/mol. The zero-order valence-electron chi connectivity index (χ0n) is 15.1. The Morgan fingerprint density at radius 2 is 1.67 bits per heavy atom. The number of likely N-dealkylation sites (N-methyl/N-ethyl adjacent to an activating group) is 1. The molecule has 3 aliphatic heterocycles. The summed E-state index contributed by atoms with van der Waals surface area (Å²) in [6.07, 6.45) is 2.05. The molecule has 27 heavy (non-hydrogen) atoms. The van der Waals surface area contributed by atoms with Crippen LogP contribution in [0.4, 0.5) is 0 Å². The van der Waals surface area contributed by atoms with Crippen LogP contribution in [0.2, 0.25) is 0 Å². The zero-order valence-corrected chi connectivity index (χ0v) is 18.3. The number of nitrogens with zero attached hydrogens (tertiary/aromatic N) is 1. The molecular formula is C19H22BrNO4S2. The Labute approximate surface area is 176 Å². The maximum Gasteiger partial charge on any atom is 0.349 e. The van der Waals surface area contributed by atoms with Crippen LogP contribution in [0.25, 0.3) is 0 Å². The molecule has 3 saturated heterocycles. The highest BCUT2D eigenvalue weighted by Crippen LogP contribution is 2.52. The lowest BCUT2D eigenvalue weighted by molar-refractivity contribution is -0.938. The lowest BCUT2D eigenvalue weighted by Crippen LogP contribution is -3.00. The largest absolute Gasteiger partial charge is 1.00 e. The molecule has 2 aromatic rings. The van der Waals surface area contributed by atoms with E-state index < -0.39 is 11.6 Å². The molecule has 0 radical (unpaired) electrons. The van der Waals surface area contributed by atoms with Crippen LogP contribution in [0.1, 0.15) is 22.6 Å². The van der Waals surface area contributed by atoms with E-state index in [-0.39, 0.29) is 23.1 Å². The Morgan fingerprint density at radius 3 is 2.11 bits per heavy atom. The average Bonchev–Trinajstić information content (AvgIpc) is 2.98. The van der Waals surface area contributed by atoms with Crippen LogP contribution in [0.15, 0.2) is 35.0 Å². The van der Waals surface area contributed by atoms with E-state index in [1.165, 1.54) is 22.7 Å². The van der Waals surface area contributed by atoms with Crippen molar-refractivity contribution < 1.29 is 40.8 Å². The van der Waals surface area contributed by atoms with Gasteiger partial charge in [-0.3, -0.25) is 0 Å². The van der Waals surface area contributed by atoms with Gasteiger partial charge >= 0.3 is 5.97 Å². The smallest absolute Gasteiger partial charge is 0.349 e. The van der Waals surface area contributed by atoms with Gasteiger partial charge in [-0.05, 0) is 22.9 Å². The average molecular weight is 472 g/mol. The Balaban J connectivity index is 0.00000180. The molecule has 8 heteroatoms. The van der Waals surface area contributed by atoms with Crippen LogP contribution in [0.5, 0.6) is 0 Å². The third-order valence-corrected chi connectivity index (χ3v) is 8.32. The predicted molar refractivity (Wildman–Crippen MR) is 99.1 cm³/mol. The van der Waals surface area contributed by atoms with E-state index in [2.05, 4.69) is 14.1 Å². The molecule has 0 amide bonds. The van der Waals surface area contributed by atoms with Crippen LogP contribution >= 0.6 is 22.7 Å². The molecule has 2 aromatic heterocycles. The SMILES string of the molecule is C[N+]1(C)C2C[C@H](OC(=O)C(O)(c3cccs3)c3cccs3)C[C@@H]1[C@H]1O[C@@H]21.[Br-]. The van der Waals surface area contributed by atoms with Crippen molar-refractivity contribution in [1.82, 2.24) is 0 Å². The number of fused-ring (bicyclic) bond motifs is 5. The summed E-state index contributed by atoms with van der Waals surface area (Å²) in [6.45, 7) is 0. The van der Waals surface area contributed by atoms with Crippen LogP contribution in [-0.2, 0) is 19.9 Å². The maximum absolute atomic E-state index is 13.1. The normalized spacial score (nSPS) is 33.1. The van der Waals surface area contributed by atoms with Gasteiger partial charge in [-0.2, -0.15) is 0 Å². The second-order valence-electron chi connectivity index (χ2n) is 7.99. The number of esters is 1. The third-order valence-electron chi connectivity index (χ3n) is 6.36. The first-order chi connectivity index (χ1) is 12.4. The Bertz CT molecular complexity index is 769. The van der Waals surface area contributed by atoms with Crippen molar-refractivity contribution in [3.63, 3.8) is 0 Å². The van der Waals surface area contributed by atoms with Crippen LogP contribution < -0.4 is 17.0 Å². The number of thiophene rings is 2. The van der Waals surface area contributed by atoms with Crippen molar-refractivity contribution in [1.29, 1.82) is 0 Å². The summed E-state index contributed by atoms with van der Waals surface area (Å²) in [6, 6.07) is 8.01. The minimum absolute atomic E-state index is 0. The highest BCUT2D eigenvalue weighted by molar-refractivity contribution is 7.12. The number of carbonyl (C=O) groups is 1. The Hall–Kier alpha value is -0.770. The number of epoxide rings is 1. The summed E-state index contributed by atoms with van der Waals surface area (Å²) in [5.41, 5.74) is -1.72.